The molecule has 0 aromatic heterocycles. The molecule has 0 radical (unpaired) electrons. The third-order valence-electron chi connectivity index (χ3n) is 6.35. The minimum atomic E-state index is -0.885. The molecule has 1 aliphatic carbocycles. The van der Waals surface area contributed by atoms with Gasteiger partial charge in [0.15, 0.2) is 5.78 Å². The summed E-state index contributed by atoms with van der Waals surface area (Å²) in [4.78, 5) is 39.8. The topological polar surface area (TPSA) is 91.4 Å². The third kappa shape index (κ3) is 8.04. The molecule has 8 nitrogen and oxygen atoms in total. The number of carbonyl (C=O) groups excluding carboxylic acids is 3. The molecule has 2 atom stereocenters. The first-order valence-electron chi connectivity index (χ1n) is 12.6. The van der Waals surface area contributed by atoms with E-state index in [2.05, 4.69) is 12.1 Å². The monoisotopic (exact) mass is 489 g/mol. The van der Waals surface area contributed by atoms with Gasteiger partial charge < -0.3 is 18.9 Å². The van der Waals surface area contributed by atoms with E-state index in [0.717, 1.165) is 31.2 Å². The maximum atomic E-state index is 13.2. The van der Waals surface area contributed by atoms with Crippen molar-refractivity contribution in [2.45, 2.75) is 90.3 Å². The van der Waals surface area contributed by atoms with Crippen LogP contribution in [-0.2, 0) is 35.1 Å². The van der Waals surface area contributed by atoms with Crippen LogP contribution in [0, 0.1) is 5.92 Å². The van der Waals surface area contributed by atoms with Gasteiger partial charge in [-0.05, 0) is 65.4 Å². The summed E-state index contributed by atoms with van der Waals surface area (Å²) in [5, 5.41) is 0. The Morgan fingerprint density at radius 3 is 2.20 bits per heavy atom. The lowest BCUT2D eigenvalue weighted by atomic mass is 9.89. The average molecular weight is 490 g/mol. The Morgan fingerprint density at radius 2 is 1.60 bits per heavy atom. The summed E-state index contributed by atoms with van der Waals surface area (Å²) in [5.41, 5.74) is 0.460. The van der Waals surface area contributed by atoms with Crippen LogP contribution in [0.1, 0.15) is 65.4 Å². The van der Waals surface area contributed by atoms with Gasteiger partial charge in [0.1, 0.15) is 17.6 Å². The van der Waals surface area contributed by atoms with Crippen LogP contribution >= 0.6 is 0 Å². The lowest BCUT2D eigenvalue weighted by molar-refractivity contribution is -0.157. The molecule has 1 saturated heterocycles. The fraction of sp³-hybridized carbons (Fsp3) is 0.667. The molecule has 1 heterocycles. The second-order valence-corrected chi connectivity index (χ2v) is 10.2. The van der Waals surface area contributed by atoms with Crippen LogP contribution in [0.15, 0.2) is 30.3 Å². The fourth-order valence-corrected chi connectivity index (χ4v) is 4.52. The Bertz CT molecular complexity index is 843. The zero-order valence-electron chi connectivity index (χ0n) is 21.4. The van der Waals surface area contributed by atoms with Crippen molar-refractivity contribution < 1.29 is 33.3 Å². The van der Waals surface area contributed by atoms with E-state index in [-0.39, 0.29) is 44.2 Å². The van der Waals surface area contributed by atoms with Crippen molar-refractivity contribution in [2.75, 3.05) is 19.8 Å². The van der Waals surface area contributed by atoms with Crippen LogP contribution in [0.25, 0.3) is 0 Å². The standard InChI is InChI=1S/C27H39NO7/c1-5-32-25(30)22-15-16-28(26(31)35-27(2,3)4)23(24(22)29)18-34-21-13-11-20(12-14-21)33-17-19-9-7-6-8-10-19/h6-10,20-23H,5,11-18H2,1-4H3. The van der Waals surface area contributed by atoms with Gasteiger partial charge in [-0.2, -0.15) is 0 Å². The molecule has 1 saturated carbocycles. The Kier molecular flexibility index (Phi) is 9.69. The average Bonchev–Trinajstić information content (AvgIpc) is 2.82. The second-order valence-electron chi connectivity index (χ2n) is 10.2. The molecule has 1 aromatic carbocycles. The first-order chi connectivity index (χ1) is 16.7. The summed E-state index contributed by atoms with van der Waals surface area (Å²) >= 11 is 0. The summed E-state index contributed by atoms with van der Waals surface area (Å²) in [7, 11) is 0. The fourth-order valence-electron chi connectivity index (χ4n) is 4.52. The number of nitrogens with zero attached hydrogens (tertiary/aromatic N) is 1. The lowest BCUT2D eigenvalue weighted by Gasteiger charge is -2.39. The molecule has 194 valence electrons. The minimum Gasteiger partial charge on any atom is -0.465 e. The number of carbonyl (C=O) groups is 3. The maximum absolute atomic E-state index is 13.2. The Morgan fingerprint density at radius 1 is 0.971 bits per heavy atom. The highest BCUT2D eigenvalue weighted by Crippen LogP contribution is 2.27. The van der Waals surface area contributed by atoms with Gasteiger partial charge in [-0.3, -0.25) is 14.5 Å². The Hall–Kier alpha value is -2.45. The van der Waals surface area contributed by atoms with Gasteiger partial charge in [0.2, 0.25) is 0 Å². The normalized spacial score (nSPS) is 25.3. The number of hydrogen-bond acceptors (Lipinski definition) is 7. The number of rotatable bonds is 8. The first-order valence-corrected chi connectivity index (χ1v) is 12.6. The molecule has 2 fully saturated rings. The van der Waals surface area contributed by atoms with Crippen molar-refractivity contribution in [3.05, 3.63) is 35.9 Å². The largest absolute Gasteiger partial charge is 0.465 e. The van der Waals surface area contributed by atoms with Gasteiger partial charge in [0.05, 0.1) is 32.0 Å². The van der Waals surface area contributed by atoms with Crippen molar-refractivity contribution in [3.8, 4) is 0 Å². The highest BCUT2D eigenvalue weighted by molar-refractivity contribution is 6.03. The van der Waals surface area contributed by atoms with Crippen LogP contribution in [-0.4, -0.2) is 66.4 Å². The van der Waals surface area contributed by atoms with Crippen LogP contribution in [0.5, 0.6) is 0 Å². The van der Waals surface area contributed by atoms with Gasteiger partial charge >= 0.3 is 12.1 Å². The predicted molar refractivity (Wildman–Crippen MR) is 130 cm³/mol. The minimum absolute atomic E-state index is 0.0252. The van der Waals surface area contributed by atoms with Crippen LogP contribution in [0.3, 0.4) is 0 Å². The maximum Gasteiger partial charge on any atom is 0.410 e. The number of likely N-dealkylation sites (tertiary alicyclic amines) is 1. The van der Waals surface area contributed by atoms with Crippen LogP contribution in [0.2, 0.25) is 0 Å². The smallest absolute Gasteiger partial charge is 0.410 e. The van der Waals surface area contributed by atoms with Crippen molar-refractivity contribution >= 4 is 17.8 Å². The number of amides is 1. The van der Waals surface area contributed by atoms with E-state index in [1.54, 1.807) is 27.7 Å². The molecule has 0 spiro atoms. The van der Waals surface area contributed by atoms with Crippen molar-refractivity contribution in [3.63, 3.8) is 0 Å². The second kappa shape index (κ2) is 12.5. The van der Waals surface area contributed by atoms with Gasteiger partial charge in [0, 0.05) is 6.54 Å². The van der Waals surface area contributed by atoms with Crippen molar-refractivity contribution in [1.82, 2.24) is 4.90 Å². The number of hydrogen-bond donors (Lipinski definition) is 0. The summed E-state index contributed by atoms with van der Waals surface area (Å²) in [5.74, 6) is -1.77. The van der Waals surface area contributed by atoms with Crippen LogP contribution < -0.4 is 0 Å². The predicted octanol–water partition coefficient (Wildman–Crippen LogP) is 4.29. The van der Waals surface area contributed by atoms with Crippen molar-refractivity contribution in [1.29, 1.82) is 0 Å². The molecule has 0 bridgehead atoms. The van der Waals surface area contributed by atoms with E-state index in [9.17, 15) is 14.4 Å². The molecule has 8 heteroatoms. The van der Waals surface area contributed by atoms with Gasteiger partial charge in [0.25, 0.3) is 0 Å². The molecule has 1 aromatic rings. The van der Waals surface area contributed by atoms with E-state index in [4.69, 9.17) is 18.9 Å². The molecule has 2 aliphatic rings. The number of piperidine rings is 1. The number of benzene rings is 1. The molecular formula is C27H39NO7. The van der Waals surface area contributed by atoms with E-state index in [1.165, 1.54) is 4.90 Å². The highest BCUT2D eigenvalue weighted by Gasteiger charge is 2.44. The summed E-state index contributed by atoms with van der Waals surface area (Å²) in [6, 6.07) is 9.22. The quantitative estimate of drug-likeness (QED) is 0.397. The van der Waals surface area contributed by atoms with Crippen molar-refractivity contribution in [2.24, 2.45) is 5.92 Å². The third-order valence-corrected chi connectivity index (χ3v) is 6.35. The Labute approximate surface area is 208 Å². The van der Waals surface area contributed by atoms with Crippen LogP contribution in [0.4, 0.5) is 4.79 Å². The summed E-state index contributed by atoms with van der Waals surface area (Å²) in [6.45, 7) is 8.11. The number of Topliss-reactive ketones (excluding diaryl/α,β-unsaturated/α-hetero) is 1. The van der Waals surface area contributed by atoms with Gasteiger partial charge in [-0.1, -0.05) is 30.3 Å². The SMILES string of the molecule is CCOC(=O)C1CCN(C(=O)OC(C)(C)C)C(COC2CCC(OCc3ccccc3)CC2)C1=O. The molecular weight excluding hydrogens is 450 g/mol. The summed E-state index contributed by atoms with van der Waals surface area (Å²) < 4.78 is 22.8. The molecule has 1 amide bonds. The van der Waals surface area contributed by atoms with Gasteiger partial charge in [-0.25, -0.2) is 4.79 Å². The lowest BCUT2D eigenvalue weighted by Crippen LogP contribution is -2.57. The molecule has 0 N–H and O–H groups in total. The zero-order valence-corrected chi connectivity index (χ0v) is 21.4. The van der Waals surface area contributed by atoms with E-state index >= 15 is 0 Å². The molecule has 1 aliphatic heterocycles. The molecule has 2 unspecified atom stereocenters. The Balaban J connectivity index is 1.55. The summed E-state index contributed by atoms with van der Waals surface area (Å²) in [6.07, 6.45) is 3.18. The first kappa shape index (κ1) is 27.1. The number of esters is 1. The molecule has 3 rings (SSSR count). The van der Waals surface area contributed by atoms with Gasteiger partial charge in [-0.15, -0.1) is 0 Å². The molecule has 35 heavy (non-hydrogen) atoms. The number of ketones is 1. The van der Waals surface area contributed by atoms with E-state index in [0.29, 0.717) is 6.61 Å². The highest BCUT2D eigenvalue weighted by atomic mass is 16.6. The van der Waals surface area contributed by atoms with E-state index < -0.39 is 29.6 Å². The zero-order chi connectivity index (χ0) is 25.4. The number of ether oxygens (including phenoxy) is 4. The van der Waals surface area contributed by atoms with E-state index in [1.807, 2.05) is 18.2 Å².